The van der Waals surface area contributed by atoms with Gasteiger partial charge in [0.25, 0.3) is 0 Å². The lowest BCUT2D eigenvalue weighted by Gasteiger charge is -2.26. The number of aromatic nitrogens is 2. The van der Waals surface area contributed by atoms with E-state index in [1.54, 1.807) is 0 Å². The highest BCUT2D eigenvalue weighted by Gasteiger charge is 2.40. The van der Waals surface area contributed by atoms with E-state index in [0.717, 1.165) is 37.1 Å². The lowest BCUT2D eigenvalue weighted by Crippen LogP contribution is -2.48. The molecule has 0 saturated heterocycles. The lowest BCUT2D eigenvalue weighted by molar-refractivity contribution is -0.122. The van der Waals surface area contributed by atoms with Crippen LogP contribution in [-0.4, -0.2) is 21.4 Å². The molecule has 92 valence electrons. The quantitative estimate of drug-likeness (QED) is 0.826. The van der Waals surface area contributed by atoms with E-state index in [-0.39, 0.29) is 5.91 Å². The fourth-order valence-corrected chi connectivity index (χ4v) is 2.41. The highest BCUT2D eigenvalue weighted by molar-refractivity contribution is 5.87. The van der Waals surface area contributed by atoms with Gasteiger partial charge in [0.15, 0.2) is 0 Å². The van der Waals surface area contributed by atoms with Gasteiger partial charge in [-0.2, -0.15) is 0 Å². The first-order valence-corrected chi connectivity index (χ1v) is 5.92. The number of hydrogen-bond donors (Lipinski definition) is 2. The molecular weight excluding hydrogens is 216 g/mol. The maximum Gasteiger partial charge on any atom is 0.243 e. The minimum atomic E-state index is -0.653. The monoisotopic (exact) mass is 234 g/mol. The highest BCUT2D eigenvalue weighted by Crippen LogP contribution is 2.32. The van der Waals surface area contributed by atoms with Crippen LogP contribution in [0.4, 0.5) is 5.95 Å². The van der Waals surface area contributed by atoms with Crippen molar-refractivity contribution in [3.05, 3.63) is 17.5 Å². The fraction of sp³-hybridized carbons (Fsp3) is 0.583. The molecule has 0 aromatic carbocycles. The normalized spacial score (nSPS) is 18.0. The molecule has 5 heteroatoms. The van der Waals surface area contributed by atoms with Gasteiger partial charge in [0, 0.05) is 11.4 Å². The standard InChI is InChI=1S/C12H18N4O/c1-8-7-9(2)15-11(14-8)16-12(10(13)17)5-3-4-6-12/h7H,3-6H2,1-2H3,(H2,13,17)(H,14,15,16). The Morgan fingerprint density at radius 3 is 2.29 bits per heavy atom. The molecular formula is C12H18N4O. The van der Waals surface area contributed by atoms with Gasteiger partial charge < -0.3 is 11.1 Å². The molecule has 0 unspecified atom stereocenters. The smallest absolute Gasteiger partial charge is 0.243 e. The van der Waals surface area contributed by atoms with E-state index in [1.165, 1.54) is 0 Å². The summed E-state index contributed by atoms with van der Waals surface area (Å²) < 4.78 is 0. The Morgan fingerprint density at radius 2 is 1.82 bits per heavy atom. The van der Waals surface area contributed by atoms with Gasteiger partial charge in [-0.05, 0) is 32.8 Å². The van der Waals surface area contributed by atoms with Gasteiger partial charge in [0.1, 0.15) is 5.54 Å². The Kier molecular flexibility index (Phi) is 3.00. The van der Waals surface area contributed by atoms with Crippen LogP contribution < -0.4 is 11.1 Å². The molecule has 0 radical (unpaired) electrons. The summed E-state index contributed by atoms with van der Waals surface area (Å²) in [7, 11) is 0. The van der Waals surface area contributed by atoms with Crippen LogP contribution in [0.5, 0.6) is 0 Å². The van der Waals surface area contributed by atoms with Crippen molar-refractivity contribution in [1.29, 1.82) is 0 Å². The molecule has 3 N–H and O–H groups in total. The molecule has 1 fully saturated rings. The number of amides is 1. The van der Waals surface area contributed by atoms with Gasteiger partial charge in [0.05, 0.1) is 0 Å². The molecule has 0 atom stereocenters. The second-order valence-electron chi connectivity index (χ2n) is 4.75. The Balaban J connectivity index is 2.26. The number of primary amides is 1. The third-order valence-corrected chi connectivity index (χ3v) is 3.26. The highest BCUT2D eigenvalue weighted by atomic mass is 16.1. The summed E-state index contributed by atoms with van der Waals surface area (Å²) in [4.78, 5) is 20.2. The molecule has 1 amide bonds. The predicted molar refractivity (Wildman–Crippen MR) is 65.5 cm³/mol. The number of nitrogens with one attached hydrogen (secondary N) is 1. The van der Waals surface area contributed by atoms with Crippen LogP contribution in [0, 0.1) is 13.8 Å². The summed E-state index contributed by atoms with van der Waals surface area (Å²) in [6.45, 7) is 3.82. The number of nitrogens with zero attached hydrogens (tertiary/aromatic N) is 2. The van der Waals surface area contributed by atoms with E-state index in [2.05, 4.69) is 15.3 Å². The van der Waals surface area contributed by atoms with Crippen molar-refractivity contribution in [2.45, 2.75) is 45.1 Å². The average Bonchev–Trinajstić information content (AvgIpc) is 2.65. The number of carbonyl (C=O) groups is 1. The summed E-state index contributed by atoms with van der Waals surface area (Å²) in [5.41, 5.74) is 6.62. The van der Waals surface area contributed by atoms with Gasteiger partial charge in [-0.15, -0.1) is 0 Å². The number of carbonyl (C=O) groups excluding carboxylic acids is 1. The molecule has 1 saturated carbocycles. The Morgan fingerprint density at radius 1 is 1.29 bits per heavy atom. The van der Waals surface area contributed by atoms with E-state index >= 15 is 0 Å². The summed E-state index contributed by atoms with van der Waals surface area (Å²) in [6, 6.07) is 1.90. The van der Waals surface area contributed by atoms with Gasteiger partial charge >= 0.3 is 0 Å². The van der Waals surface area contributed by atoms with Crippen LogP contribution in [0.25, 0.3) is 0 Å². The summed E-state index contributed by atoms with van der Waals surface area (Å²) in [5, 5.41) is 3.14. The van der Waals surface area contributed by atoms with Gasteiger partial charge in [-0.1, -0.05) is 12.8 Å². The molecule has 0 bridgehead atoms. The number of hydrogen-bond acceptors (Lipinski definition) is 4. The van der Waals surface area contributed by atoms with Crippen LogP contribution in [0.2, 0.25) is 0 Å². The van der Waals surface area contributed by atoms with Crippen LogP contribution in [-0.2, 0) is 4.79 Å². The molecule has 0 spiro atoms. The minimum Gasteiger partial charge on any atom is -0.368 e. The van der Waals surface area contributed by atoms with Crippen LogP contribution in [0.3, 0.4) is 0 Å². The largest absolute Gasteiger partial charge is 0.368 e. The Bertz CT molecular complexity index is 418. The summed E-state index contributed by atoms with van der Waals surface area (Å²) in [5.74, 6) is 0.195. The van der Waals surface area contributed by atoms with Crippen molar-refractivity contribution in [3.8, 4) is 0 Å². The topological polar surface area (TPSA) is 80.9 Å². The average molecular weight is 234 g/mol. The molecule has 1 aromatic heterocycles. The molecule has 5 nitrogen and oxygen atoms in total. The zero-order valence-electron chi connectivity index (χ0n) is 10.3. The van der Waals surface area contributed by atoms with Crippen LogP contribution in [0.15, 0.2) is 6.07 Å². The molecule has 0 aliphatic heterocycles. The second kappa shape index (κ2) is 4.31. The first kappa shape index (κ1) is 11.8. The molecule has 1 aliphatic rings. The van der Waals surface area contributed by atoms with Gasteiger partial charge in [-0.3, -0.25) is 4.79 Å². The molecule has 17 heavy (non-hydrogen) atoms. The predicted octanol–water partition coefficient (Wildman–Crippen LogP) is 1.30. The third-order valence-electron chi connectivity index (χ3n) is 3.26. The van der Waals surface area contributed by atoms with Crippen molar-refractivity contribution in [2.75, 3.05) is 5.32 Å². The van der Waals surface area contributed by atoms with E-state index in [4.69, 9.17) is 5.73 Å². The zero-order valence-corrected chi connectivity index (χ0v) is 10.3. The van der Waals surface area contributed by atoms with Crippen LogP contribution >= 0.6 is 0 Å². The maximum absolute atomic E-state index is 11.6. The lowest BCUT2D eigenvalue weighted by atomic mass is 9.97. The summed E-state index contributed by atoms with van der Waals surface area (Å²) in [6.07, 6.45) is 3.55. The third kappa shape index (κ3) is 2.38. The number of nitrogens with two attached hydrogens (primary N) is 1. The SMILES string of the molecule is Cc1cc(C)nc(NC2(C(N)=O)CCCC2)n1. The second-order valence-corrected chi connectivity index (χ2v) is 4.75. The molecule has 1 aromatic rings. The first-order valence-electron chi connectivity index (χ1n) is 5.92. The van der Waals surface area contributed by atoms with Crippen molar-refractivity contribution in [2.24, 2.45) is 5.73 Å². The fourth-order valence-electron chi connectivity index (χ4n) is 2.41. The van der Waals surface area contributed by atoms with Gasteiger partial charge in [0.2, 0.25) is 11.9 Å². The zero-order chi connectivity index (χ0) is 12.5. The van der Waals surface area contributed by atoms with Crippen molar-refractivity contribution >= 4 is 11.9 Å². The minimum absolute atomic E-state index is 0.308. The van der Waals surface area contributed by atoms with Gasteiger partial charge in [-0.25, -0.2) is 9.97 Å². The van der Waals surface area contributed by atoms with E-state index in [9.17, 15) is 4.79 Å². The van der Waals surface area contributed by atoms with E-state index in [0.29, 0.717) is 5.95 Å². The Labute approximate surface area is 101 Å². The Hall–Kier alpha value is -1.65. The van der Waals surface area contributed by atoms with Crippen molar-refractivity contribution < 1.29 is 4.79 Å². The van der Waals surface area contributed by atoms with Crippen molar-refractivity contribution in [3.63, 3.8) is 0 Å². The van der Waals surface area contributed by atoms with Crippen molar-refractivity contribution in [1.82, 2.24) is 9.97 Å². The first-order chi connectivity index (χ1) is 8.02. The number of anilines is 1. The number of rotatable bonds is 3. The molecule has 2 rings (SSSR count). The van der Waals surface area contributed by atoms with Crippen LogP contribution in [0.1, 0.15) is 37.1 Å². The number of aryl methyl sites for hydroxylation is 2. The molecule has 1 aliphatic carbocycles. The maximum atomic E-state index is 11.6. The summed E-state index contributed by atoms with van der Waals surface area (Å²) >= 11 is 0. The van der Waals surface area contributed by atoms with E-state index < -0.39 is 5.54 Å². The molecule has 1 heterocycles. The van der Waals surface area contributed by atoms with E-state index in [1.807, 2.05) is 19.9 Å².